The van der Waals surface area contributed by atoms with E-state index in [1.807, 2.05) is 24.5 Å². The van der Waals surface area contributed by atoms with Gasteiger partial charge in [-0.05, 0) is 36.8 Å². The topological polar surface area (TPSA) is 41.1 Å². The van der Waals surface area contributed by atoms with Crippen LogP contribution in [-0.4, -0.2) is 18.2 Å². The summed E-state index contributed by atoms with van der Waals surface area (Å²) in [7, 11) is 0. The van der Waals surface area contributed by atoms with Crippen LogP contribution in [0.25, 0.3) is 0 Å². The van der Waals surface area contributed by atoms with Crippen molar-refractivity contribution in [2.45, 2.75) is 39.4 Å². The predicted molar refractivity (Wildman–Crippen MR) is 66.1 cm³/mol. The van der Waals surface area contributed by atoms with Gasteiger partial charge in [-0.15, -0.1) is 11.3 Å². The number of urea groups is 1. The third-order valence-electron chi connectivity index (χ3n) is 2.52. The molecule has 0 radical (unpaired) electrons. The molecule has 1 heterocycles. The number of amides is 2. The summed E-state index contributed by atoms with van der Waals surface area (Å²) in [5, 5.41) is 6.78. The Morgan fingerprint density at radius 3 is 2.61 bits per heavy atom. The van der Waals surface area contributed by atoms with Crippen LogP contribution in [0.15, 0.2) is 5.38 Å². The molecule has 3 nitrogen and oxygen atoms in total. The fraction of sp³-hybridized carbons (Fsp3) is 0.545. The minimum atomic E-state index is -4.43. The number of aryl methyl sites for hydroxylation is 1. The number of carbonyl (C=O) groups excluding carboxylic acids is 1. The summed E-state index contributed by atoms with van der Waals surface area (Å²) in [6.07, 6.45) is -3.71. The highest BCUT2D eigenvalue weighted by atomic mass is 32.1. The standard InChI is InChI=1S/C11H15F3N2OS/c1-4-8-6(2)5-18-9(8)16-10(17)15-7(3)11(12,13)14/h5,7H,4H2,1-3H3,(H2,15,16,17). The molecule has 0 aliphatic heterocycles. The smallest absolute Gasteiger partial charge is 0.326 e. The number of halogens is 3. The molecule has 18 heavy (non-hydrogen) atoms. The molecule has 1 unspecified atom stereocenters. The Hall–Kier alpha value is -1.24. The summed E-state index contributed by atoms with van der Waals surface area (Å²) in [6, 6.07) is -2.71. The van der Waals surface area contributed by atoms with E-state index in [1.165, 1.54) is 11.3 Å². The van der Waals surface area contributed by atoms with Gasteiger partial charge in [0.2, 0.25) is 0 Å². The van der Waals surface area contributed by atoms with E-state index in [0.717, 1.165) is 24.5 Å². The zero-order valence-electron chi connectivity index (χ0n) is 10.3. The third-order valence-corrected chi connectivity index (χ3v) is 3.58. The van der Waals surface area contributed by atoms with Gasteiger partial charge in [-0.2, -0.15) is 13.2 Å². The summed E-state index contributed by atoms with van der Waals surface area (Å²) in [5.41, 5.74) is 1.98. The number of thiophene rings is 1. The fourth-order valence-corrected chi connectivity index (χ4v) is 2.47. The normalized spacial score (nSPS) is 13.2. The lowest BCUT2D eigenvalue weighted by atomic mass is 10.1. The van der Waals surface area contributed by atoms with E-state index in [9.17, 15) is 18.0 Å². The molecule has 2 amide bonds. The van der Waals surface area contributed by atoms with E-state index in [4.69, 9.17) is 0 Å². The van der Waals surface area contributed by atoms with Gasteiger partial charge in [-0.3, -0.25) is 5.32 Å². The quantitative estimate of drug-likeness (QED) is 0.871. The lowest BCUT2D eigenvalue weighted by molar-refractivity contribution is -0.148. The van der Waals surface area contributed by atoms with Gasteiger partial charge in [0.1, 0.15) is 6.04 Å². The van der Waals surface area contributed by atoms with Crippen molar-refractivity contribution in [1.29, 1.82) is 0 Å². The first-order valence-electron chi connectivity index (χ1n) is 5.46. The molecule has 0 bridgehead atoms. The molecule has 1 aromatic heterocycles. The van der Waals surface area contributed by atoms with Crippen LogP contribution >= 0.6 is 11.3 Å². The minimum Gasteiger partial charge on any atom is -0.326 e. The highest BCUT2D eigenvalue weighted by Gasteiger charge is 2.37. The maximum atomic E-state index is 12.3. The van der Waals surface area contributed by atoms with Crippen molar-refractivity contribution in [3.05, 3.63) is 16.5 Å². The summed E-state index contributed by atoms with van der Waals surface area (Å²) in [4.78, 5) is 11.4. The van der Waals surface area contributed by atoms with Crippen LogP contribution in [0.1, 0.15) is 25.0 Å². The minimum absolute atomic E-state index is 0.599. The van der Waals surface area contributed by atoms with Gasteiger partial charge < -0.3 is 5.32 Å². The number of carbonyl (C=O) groups is 1. The van der Waals surface area contributed by atoms with Crippen molar-refractivity contribution in [3.63, 3.8) is 0 Å². The van der Waals surface area contributed by atoms with Crippen LogP contribution in [0, 0.1) is 6.92 Å². The zero-order valence-corrected chi connectivity index (χ0v) is 11.1. The Balaban J connectivity index is 2.65. The van der Waals surface area contributed by atoms with Crippen molar-refractivity contribution in [1.82, 2.24) is 5.32 Å². The Morgan fingerprint density at radius 1 is 1.50 bits per heavy atom. The maximum absolute atomic E-state index is 12.3. The zero-order chi connectivity index (χ0) is 13.9. The van der Waals surface area contributed by atoms with Crippen molar-refractivity contribution in [2.24, 2.45) is 0 Å². The monoisotopic (exact) mass is 280 g/mol. The predicted octanol–water partition coefficient (Wildman–Crippen LogP) is 3.69. The Bertz CT molecular complexity index is 428. The molecular formula is C11H15F3N2OS. The van der Waals surface area contributed by atoms with Gasteiger partial charge in [0.25, 0.3) is 0 Å². The third kappa shape index (κ3) is 3.63. The lowest BCUT2D eigenvalue weighted by Gasteiger charge is -2.17. The number of nitrogens with one attached hydrogen (secondary N) is 2. The molecule has 0 saturated heterocycles. The van der Waals surface area contributed by atoms with Gasteiger partial charge in [0, 0.05) is 0 Å². The van der Waals surface area contributed by atoms with E-state index in [-0.39, 0.29) is 0 Å². The summed E-state index contributed by atoms with van der Waals surface area (Å²) >= 11 is 1.31. The lowest BCUT2D eigenvalue weighted by Crippen LogP contribution is -2.44. The van der Waals surface area contributed by atoms with Crippen LogP contribution in [0.3, 0.4) is 0 Å². The van der Waals surface area contributed by atoms with E-state index in [0.29, 0.717) is 5.00 Å². The first kappa shape index (κ1) is 14.8. The van der Waals surface area contributed by atoms with Crippen LogP contribution in [-0.2, 0) is 6.42 Å². The largest absolute Gasteiger partial charge is 0.408 e. The number of hydrogen-bond acceptors (Lipinski definition) is 2. The van der Waals surface area contributed by atoms with E-state index in [1.54, 1.807) is 0 Å². The second-order valence-electron chi connectivity index (χ2n) is 3.94. The first-order chi connectivity index (χ1) is 8.25. The Labute approximate surface area is 107 Å². The molecule has 2 N–H and O–H groups in total. The Morgan fingerprint density at radius 2 is 2.11 bits per heavy atom. The number of anilines is 1. The van der Waals surface area contributed by atoms with E-state index < -0.39 is 18.2 Å². The van der Waals surface area contributed by atoms with Gasteiger partial charge >= 0.3 is 12.2 Å². The van der Waals surface area contributed by atoms with Crippen LogP contribution in [0.5, 0.6) is 0 Å². The van der Waals surface area contributed by atoms with E-state index >= 15 is 0 Å². The summed E-state index contributed by atoms with van der Waals surface area (Å²) in [5.74, 6) is 0. The molecule has 1 atom stereocenters. The SMILES string of the molecule is CCc1c(C)csc1NC(=O)NC(C)C(F)(F)F. The van der Waals surface area contributed by atoms with Crippen LogP contribution in [0.2, 0.25) is 0 Å². The second kappa shape index (κ2) is 5.60. The summed E-state index contributed by atoms with van der Waals surface area (Å²) in [6.45, 7) is 4.73. The number of alkyl halides is 3. The van der Waals surface area contributed by atoms with Crippen molar-refractivity contribution in [2.75, 3.05) is 5.32 Å². The molecule has 102 valence electrons. The average molecular weight is 280 g/mol. The molecule has 1 aromatic rings. The van der Waals surface area contributed by atoms with Gasteiger partial charge in [-0.25, -0.2) is 4.79 Å². The van der Waals surface area contributed by atoms with Crippen LogP contribution < -0.4 is 10.6 Å². The number of rotatable bonds is 3. The molecule has 0 aliphatic rings. The van der Waals surface area contributed by atoms with Crippen molar-refractivity contribution in [3.8, 4) is 0 Å². The van der Waals surface area contributed by atoms with Gasteiger partial charge in [-0.1, -0.05) is 6.92 Å². The van der Waals surface area contributed by atoms with Crippen LogP contribution in [0.4, 0.5) is 23.0 Å². The van der Waals surface area contributed by atoms with Crippen molar-refractivity contribution >= 4 is 22.4 Å². The molecule has 0 aromatic carbocycles. The summed E-state index contributed by atoms with van der Waals surface area (Å²) < 4.78 is 36.8. The van der Waals surface area contributed by atoms with Crippen molar-refractivity contribution < 1.29 is 18.0 Å². The maximum Gasteiger partial charge on any atom is 0.408 e. The Kier molecular flexibility index (Phi) is 4.61. The molecule has 0 saturated carbocycles. The van der Waals surface area contributed by atoms with Gasteiger partial charge in [0.15, 0.2) is 0 Å². The number of hydrogen-bond donors (Lipinski definition) is 2. The fourth-order valence-electron chi connectivity index (χ4n) is 1.43. The van der Waals surface area contributed by atoms with E-state index in [2.05, 4.69) is 5.32 Å². The average Bonchev–Trinajstić information content (AvgIpc) is 2.57. The van der Waals surface area contributed by atoms with Gasteiger partial charge in [0.05, 0.1) is 5.00 Å². The molecule has 0 spiro atoms. The first-order valence-corrected chi connectivity index (χ1v) is 6.34. The molecule has 0 aliphatic carbocycles. The molecule has 0 fully saturated rings. The highest BCUT2D eigenvalue weighted by molar-refractivity contribution is 7.14. The molecule has 1 rings (SSSR count). The highest BCUT2D eigenvalue weighted by Crippen LogP contribution is 2.28. The second-order valence-corrected chi connectivity index (χ2v) is 4.82. The molecular weight excluding hydrogens is 265 g/mol. The molecule has 7 heteroatoms.